The van der Waals surface area contributed by atoms with Gasteiger partial charge in [-0.15, -0.1) is 0 Å². The van der Waals surface area contributed by atoms with E-state index >= 15 is 0 Å². The van der Waals surface area contributed by atoms with Gasteiger partial charge in [0.25, 0.3) is 5.69 Å². The first-order valence-corrected chi connectivity index (χ1v) is 10.4. The van der Waals surface area contributed by atoms with E-state index in [0.717, 1.165) is 31.6 Å². The number of aliphatic imine (C=N–C) groups is 1. The van der Waals surface area contributed by atoms with Crippen molar-refractivity contribution < 1.29 is 14.1 Å². The van der Waals surface area contributed by atoms with Crippen molar-refractivity contribution in [2.24, 2.45) is 10.7 Å². The molecule has 3 N–H and O–H groups in total. The van der Waals surface area contributed by atoms with Gasteiger partial charge < -0.3 is 16.0 Å². The van der Waals surface area contributed by atoms with Crippen LogP contribution in [0.4, 0.5) is 15.8 Å². The number of nitrogens with zero attached hydrogens (tertiary/aromatic N) is 4. The maximum atomic E-state index is 13.5. The Kier molecular flexibility index (Phi) is 7.34. The van der Waals surface area contributed by atoms with Gasteiger partial charge in [0, 0.05) is 54.6 Å². The predicted molar refractivity (Wildman–Crippen MR) is 119 cm³/mol. The molecule has 0 unspecified atom stereocenters. The number of halogens is 1. The van der Waals surface area contributed by atoms with Crippen LogP contribution in [0.5, 0.6) is 0 Å². The second-order valence-electron chi connectivity index (χ2n) is 8.07. The molecular formula is C21H29FN6O3. The number of carbonyl (C=O) groups is 1. The molecule has 0 radical (unpaired) electrons. The maximum absolute atomic E-state index is 13.5. The van der Waals surface area contributed by atoms with Crippen molar-refractivity contribution in [1.29, 1.82) is 0 Å². The van der Waals surface area contributed by atoms with Crippen LogP contribution in [0, 0.1) is 17.0 Å². The molecule has 2 saturated heterocycles. The third-order valence-corrected chi connectivity index (χ3v) is 5.95. The summed E-state index contributed by atoms with van der Waals surface area (Å²) in [5, 5.41) is 14.7. The van der Waals surface area contributed by atoms with Gasteiger partial charge in [0.15, 0.2) is 0 Å². The monoisotopic (exact) mass is 432 g/mol. The number of nitro groups is 1. The minimum Gasteiger partial charge on any atom is -0.382 e. The molecule has 2 aliphatic heterocycles. The van der Waals surface area contributed by atoms with Gasteiger partial charge >= 0.3 is 0 Å². The molecule has 2 atom stereocenters. The molecule has 168 valence electrons. The van der Waals surface area contributed by atoms with Crippen LogP contribution in [0.2, 0.25) is 0 Å². The second kappa shape index (κ2) is 9.97. The van der Waals surface area contributed by atoms with Crippen LogP contribution in [-0.4, -0.2) is 71.9 Å². The SMILES string of the molecule is C=N/C=C\c1c(NC2CCN(CC(=O)N3C[C@@H](F)C[C@H]3N)CC2)ccc([N+](=O)[O-])c1C. The van der Waals surface area contributed by atoms with Gasteiger partial charge in [-0.05, 0) is 38.6 Å². The quantitative estimate of drug-likeness (QED) is 0.388. The Hall–Kier alpha value is -2.85. The van der Waals surface area contributed by atoms with Crippen LogP contribution in [0.3, 0.4) is 0 Å². The first-order valence-electron chi connectivity index (χ1n) is 10.4. The number of nitrogens with two attached hydrogens (primary N) is 1. The zero-order valence-electron chi connectivity index (χ0n) is 17.7. The number of hydrogen-bond donors (Lipinski definition) is 2. The van der Waals surface area contributed by atoms with E-state index in [1.54, 1.807) is 19.1 Å². The Balaban J connectivity index is 1.60. The Morgan fingerprint density at radius 2 is 2.16 bits per heavy atom. The molecule has 2 fully saturated rings. The Bertz CT molecular complexity index is 869. The van der Waals surface area contributed by atoms with Crippen molar-refractivity contribution in [2.45, 2.75) is 44.6 Å². The fraction of sp³-hybridized carbons (Fsp3) is 0.524. The van der Waals surface area contributed by atoms with Gasteiger partial charge in [-0.2, -0.15) is 0 Å². The largest absolute Gasteiger partial charge is 0.382 e. The topological polar surface area (TPSA) is 117 Å². The highest BCUT2D eigenvalue weighted by molar-refractivity contribution is 5.79. The maximum Gasteiger partial charge on any atom is 0.273 e. The van der Waals surface area contributed by atoms with E-state index in [2.05, 4.69) is 21.9 Å². The first kappa shape index (κ1) is 22.8. The zero-order chi connectivity index (χ0) is 22.5. The number of amides is 1. The number of likely N-dealkylation sites (tertiary alicyclic amines) is 2. The lowest BCUT2D eigenvalue weighted by Gasteiger charge is -2.34. The molecular weight excluding hydrogens is 403 g/mol. The van der Waals surface area contributed by atoms with Crippen LogP contribution in [0.25, 0.3) is 6.08 Å². The number of carbonyl (C=O) groups excluding carboxylic acids is 1. The Morgan fingerprint density at radius 3 is 2.74 bits per heavy atom. The lowest BCUT2D eigenvalue weighted by Crippen LogP contribution is -2.48. The predicted octanol–water partition coefficient (Wildman–Crippen LogP) is 2.31. The average Bonchev–Trinajstić information content (AvgIpc) is 3.07. The van der Waals surface area contributed by atoms with Gasteiger partial charge in [-0.3, -0.25) is 24.8 Å². The molecule has 2 heterocycles. The van der Waals surface area contributed by atoms with Crippen LogP contribution in [0.15, 0.2) is 23.3 Å². The van der Waals surface area contributed by atoms with E-state index in [1.807, 2.05) is 0 Å². The summed E-state index contributed by atoms with van der Waals surface area (Å²) in [5.41, 5.74) is 7.98. The van der Waals surface area contributed by atoms with Crippen molar-refractivity contribution in [3.63, 3.8) is 0 Å². The fourth-order valence-corrected chi connectivity index (χ4v) is 4.22. The van der Waals surface area contributed by atoms with Gasteiger partial charge in [0.1, 0.15) is 6.17 Å². The normalized spacial score (nSPS) is 22.7. The van der Waals surface area contributed by atoms with Crippen molar-refractivity contribution in [3.8, 4) is 0 Å². The summed E-state index contributed by atoms with van der Waals surface area (Å²) in [5.74, 6) is -0.130. The van der Waals surface area contributed by atoms with Gasteiger partial charge in [0.05, 0.1) is 24.2 Å². The molecule has 1 amide bonds. The van der Waals surface area contributed by atoms with Crippen molar-refractivity contribution >= 4 is 30.1 Å². The van der Waals surface area contributed by atoms with Crippen LogP contribution in [-0.2, 0) is 4.79 Å². The Labute approximate surface area is 180 Å². The van der Waals surface area contributed by atoms with Crippen molar-refractivity contribution in [2.75, 3.05) is 31.5 Å². The van der Waals surface area contributed by atoms with Crippen LogP contribution >= 0.6 is 0 Å². The molecule has 2 aliphatic rings. The summed E-state index contributed by atoms with van der Waals surface area (Å²) in [7, 11) is 0. The van der Waals surface area contributed by atoms with Crippen molar-refractivity contribution in [1.82, 2.24) is 9.80 Å². The highest BCUT2D eigenvalue weighted by Crippen LogP contribution is 2.31. The molecule has 1 aromatic rings. The van der Waals surface area contributed by atoms with E-state index < -0.39 is 17.3 Å². The van der Waals surface area contributed by atoms with Gasteiger partial charge in [0.2, 0.25) is 5.91 Å². The van der Waals surface area contributed by atoms with Crippen LogP contribution in [0.1, 0.15) is 30.4 Å². The number of hydrogen-bond acceptors (Lipinski definition) is 7. The molecule has 9 nitrogen and oxygen atoms in total. The van der Waals surface area contributed by atoms with Gasteiger partial charge in [-0.1, -0.05) is 0 Å². The number of nitro benzene ring substituents is 1. The number of rotatable bonds is 7. The summed E-state index contributed by atoms with van der Waals surface area (Å²) in [6, 6.07) is 3.38. The smallest absolute Gasteiger partial charge is 0.273 e. The molecule has 0 aliphatic carbocycles. The number of anilines is 1. The lowest BCUT2D eigenvalue weighted by atomic mass is 10.0. The molecule has 0 aromatic heterocycles. The van der Waals surface area contributed by atoms with E-state index in [4.69, 9.17) is 5.73 Å². The lowest BCUT2D eigenvalue weighted by molar-refractivity contribution is -0.385. The number of piperidine rings is 1. The summed E-state index contributed by atoms with van der Waals surface area (Å²) < 4.78 is 13.5. The molecule has 3 rings (SSSR count). The third-order valence-electron chi connectivity index (χ3n) is 5.95. The number of benzene rings is 1. The second-order valence-corrected chi connectivity index (χ2v) is 8.07. The highest BCUT2D eigenvalue weighted by atomic mass is 19.1. The third kappa shape index (κ3) is 5.45. The molecule has 0 spiro atoms. The summed E-state index contributed by atoms with van der Waals surface area (Å²) >= 11 is 0. The van der Waals surface area contributed by atoms with Gasteiger partial charge in [-0.25, -0.2) is 4.39 Å². The van der Waals surface area contributed by atoms with E-state index in [-0.39, 0.29) is 37.1 Å². The Morgan fingerprint density at radius 1 is 1.45 bits per heavy atom. The molecule has 1 aromatic carbocycles. The first-order chi connectivity index (χ1) is 14.8. The summed E-state index contributed by atoms with van der Waals surface area (Å²) in [4.78, 5) is 30.5. The molecule has 0 bridgehead atoms. The molecule has 0 saturated carbocycles. The zero-order valence-corrected chi connectivity index (χ0v) is 17.7. The summed E-state index contributed by atoms with van der Waals surface area (Å²) in [6.07, 6.45) is 3.46. The molecule has 31 heavy (non-hydrogen) atoms. The number of nitrogens with one attached hydrogen (secondary N) is 1. The van der Waals surface area contributed by atoms with Crippen LogP contribution < -0.4 is 11.1 Å². The minimum atomic E-state index is -1.04. The minimum absolute atomic E-state index is 0.0539. The van der Waals surface area contributed by atoms with E-state index in [9.17, 15) is 19.3 Å². The standard InChI is InChI=1S/C21H29FN6O3/c1-14-17(5-8-24-2)18(3-4-19(14)28(30)31)25-16-6-9-26(10-7-16)13-21(29)27-12-15(22)11-20(27)23/h3-5,8,15-16,20,25H,2,6-7,9-13,23H2,1H3/b8-5-/t15-,20-/m0/s1. The number of alkyl halides is 1. The fourth-order valence-electron chi connectivity index (χ4n) is 4.22. The van der Waals surface area contributed by atoms with E-state index in [0.29, 0.717) is 11.1 Å². The van der Waals surface area contributed by atoms with Crippen molar-refractivity contribution in [3.05, 3.63) is 39.6 Å². The van der Waals surface area contributed by atoms with E-state index in [1.165, 1.54) is 17.2 Å². The highest BCUT2D eigenvalue weighted by Gasteiger charge is 2.34. The summed E-state index contributed by atoms with van der Waals surface area (Å²) in [6.45, 7) is 6.89. The average molecular weight is 433 g/mol. The molecule has 10 heteroatoms.